The number of aromatic nitrogens is 2. The summed E-state index contributed by atoms with van der Waals surface area (Å²) < 4.78 is 21.0. The van der Waals surface area contributed by atoms with Crippen molar-refractivity contribution >= 4 is 66.8 Å². The smallest absolute Gasteiger partial charge is 0.225 e. The summed E-state index contributed by atoms with van der Waals surface area (Å²) in [5.41, 5.74) is -0.876. The number of nitrogens with zero attached hydrogens (tertiary/aromatic N) is 3. The van der Waals surface area contributed by atoms with E-state index in [-0.39, 0.29) is 17.4 Å². The molecule has 0 radical (unpaired) electrons. The normalized spacial score (nSPS) is 22.4. The molecule has 0 aliphatic carbocycles. The van der Waals surface area contributed by atoms with E-state index in [1.54, 1.807) is 13.0 Å². The highest BCUT2D eigenvalue weighted by Crippen LogP contribution is 2.34. The lowest BCUT2D eigenvalue weighted by atomic mass is 10.1. The predicted molar refractivity (Wildman–Crippen MR) is 98.6 cm³/mol. The van der Waals surface area contributed by atoms with E-state index in [9.17, 15) is 9.50 Å². The van der Waals surface area contributed by atoms with Gasteiger partial charge in [-0.25, -0.2) is 9.37 Å². The van der Waals surface area contributed by atoms with E-state index < -0.39 is 11.4 Å². The third kappa shape index (κ3) is 3.55. The first kappa shape index (κ1) is 17.5. The minimum atomic E-state index is -1.03. The van der Waals surface area contributed by atoms with Crippen LogP contribution in [0.25, 0.3) is 10.9 Å². The maximum Gasteiger partial charge on any atom is 0.225 e. The zero-order valence-corrected chi connectivity index (χ0v) is 16.6. The van der Waals surface area contributed by atoms with Gasteiger partial charge in [0.25, 0.3) is 0 Å². The monoisotopic (exact) mass is 515 g/mol. The first-order valence-electron chi connectivity index (χ1n) is 6.84. The summed E-state index contributed by atoms with van der Waals surface area (Å²) in [7, 11) is 0. The minimum Gasteiger partial charge on any atom is -0.386 e. The molecule has 0 bridgehead atoms. The van der Waals surface area contributed by atoms with E-state index >= 15 is 0 Å². The molecule has 1 aromatic heterocycles. The molecule has 5 nitrogen and oxygen atoms in total. The SMILES string of the molecule is CC1(O)COCCN(c2nc(Cl)nc3c(F)c(Br)c(I)cc23)C1. The van der Waals surface area contributed by atoms with Crippen molar-refractivity contribution in [3.63, 3.8) is 0 Å². The molecule has 1 fully saturated rings. The highest BCUT2D eigenvalue weighted by atomic mass is 127. The van der Waals surface area contributed by atoms with E-state index in [1.165, 1.54) is 0 Å². The van der Waals surface area contributed by atoms with E-state index in [0.717, 1.165) is 0 Å². The number of anilines is 1. The van der Waals surface area contributed by atoms with Gasteiger partial charge >= 0.3 is 0 Å². The molecule has 124 valence electrons. The maximum atomic E-state index is 14.5. The summed E-state index contributed by atoms with van der Waals surface area (Å²) in [6.07, 6.45) is 0. The highest BCUT2D eigenvalue weighted by Gasteiger charge is 2.30. The third-order valence-corrected chi connectivity index (χ3v) is 6.07. The Morgan fingerprint density at radius 2 is 2.26 bits per heavy atom. The van der Waals surface area contributed by atoms with Crippen LogP contribution in [0.2, 0.25) is 5.28 Å². The average molecular weight is 517 g/mol. The van der Waals surface area contributed by atoms with Gasteiger partial charge < -0.3 is 14.7 Å². The van der Waals surface area contributed by atoms with Crippen LogP contribution in [-0.2, 0) is 4.74 Å². The van der Waals surface area contributed by atoms with Crippen LogP contribution in [-0.4, -0.2) is 47.0 Å². The second-order valence-corrected chi connectivity index (χ2v) is 7.96. The fourth-order valence-corrected chi connectivity index (χ4v) is 3.57. The van der Waals surface area contributed by atoms with Crippen molar-refractivity contribution in [1.82, 2.24) is 9.97 Å². The third-order valence-electron chi connectivity index (χ3n) is 3.53. The molecule has 0 saturated carbocycles. The number of β-amino-alcohol motifs (C(OH)–C–C–N with tert-alkyl or cyclic N) is 1. The largest absolute Gasteiger partial charge is 0.386 e. The fraction of sp³-hybridized carbons (Fsp3) is 0.429. The molecule has 0 spiro atoms. The van der Waals surface area contributed by atoms with Crippen molar-refractivity contribution in [2.75, 3.05) is 31.2 Å². The molecule has 1 N–H and O–H groups in total. The van der Waals surface area contributed by atoms with E-state index in [0.29, 0.717) is 38.9 Å². The molecular formula is C14H13BrClFIN3O2. The van der Waals surface area contributed by atoms with E-state index in [1.807, 2.05) is 27.5 Å². The highest BCUT2D eigenvalue weighted by molar-refractivity contribution is 14.1. The Bertz CT molecular complexity index is 778. The molecule has 1 aliphatic rings. The molecule has 0 amide bonds. The molecule has 23 heavy (non-hydrogen) atoms. The van der Waals surface area contributed by atoms with Crippen LogP contribution in [0.1, 0.15) is 6.92 Å². The number of benzene rings is 1. The summed E-state index contributed by atoms with van der Waals surface area (Å²) >= 11 is 11.2. The molecule has 2 heterocycles. The molecule has 3 rings (SSSR count). The maximum absolute atomic E-state index is 14.5. The van der Waals surface area contributed by atoms with Crippen molar-refractivity contribution in [2.45, 2.75) is 12.5 Å². The summed E-state index contributed by atoms with van der Waals surface area (Å²) in [4.78, 5) is 10.1. The van der Waals surface area contributed by atoms with Crippen LogP contribution < -0.4 is 4.90 Å². The number of aliphatic hydroxyl groups is 1. The molecule has 1 aliphatic heterocycles. The molecular weight excluding hydrogens is 503 g/mol. The fourth-order valence-electron chi connectivity index (χ4n) is 2.55. The molecule has 1 atom stereocenters. The first-order valence-corrected chi connectivity index (χ1v) is 9.09. The number of ether oxygens (including phenoxy) is 1. The van der Waals surface area contributed by atoms with Crippen LogP contribution in [0.5, 0.6) is 0 Å². The van der Waals surface area contributed by atoms with E-state index in [4.69, 9.17) is 16.3 Å². The van der Waals surface area contributed by atoms with Crippen molar-refractivity contribution in [2.24, 2.45) is 0 Å². The number of hydrogen-bond acceptors (Lipinski definition) is 5. The molecule has 1 saturated heterocycles. The average Bonchev–Trinajstić information content (AvgIpc) is 2.66. The first-order chi connectivity index (χ1) is 10.8. The second kappa shape index (κ2) is 6.55. The lowest BCUT2D eigenvalue weighted by molar-refractivity contribution is -0.0123. The van der Waals surface area contributed by atoms with Gasteiger partial charge in [-0.3, -0.25) is 0 Å². The van der Waals surface area contributed by atoms with Gasteiger partial charge in [-0.15, -0.1) is 0 Å². The zero-order valence-electron chi connectivity index (χ0n) is 12.1. The summed E-state index contributed by atoms with van der Waals surface area (Å²) in [6, 6.07) is 1.80. The van der Waals surface area contributed by atoms with Crippen LogP contribution in [0.3, 0.4) is 0 Å². The van der Waals surface area contributed by atoms with Gasteiger partial charge in [0.15, 0.2) is 5.82 Å². The van der Waals surface area contributed by atoms with Crippen LogP contribution in [0.4, 0.5) is 10.2 Å². The van der Waals surface area contributed by atoms with Crippen molar-refractivity contribution in [3.05, 3.63) is 25.2 Å². The van der Waals surface area contributed by atoms with Crippen molar-refractivity contribution < 1.29 is 14.2 Å². The topological polar surface area (TPSA) is 58.5 Å². The minimum absolute atomic E-state index is 0.0377. The molecule has 1 aromatic carbocycles. The number of hydrogen-bond donors (Lipinski definition) is 1. The van der Waals surface area contributed by atoms with Gasteiger partial charge in [0.2, 0.25) is 5.28 Å². The number of halogens is 4. The van der Waals surface area contributed by atoms with E-state index in [2.05, 4.69) is 25.9 Å². The Kier molecular flexibility index (Phi) is 4.99. The lowest BCUT2D eigenvalue weighted by Gasteiger charge is -2.29. The predicted octanol–water partition coefficient (Wildman–Crippen LogP) is 3.38. The Morgan fingerprint density at radius 1 is 1.52 bits per heavy atom. The van der Waals surface area contributed by atoms with Gasteiger partial charge in [0.1, 0.15) is 16.9 Å². The van der Waals surface area contributed by atoms with Gasteiger partial charge in [-0.2, -0.15) is 4.98 Å². The Hall–Kier alpha value is -0.290. The molecule has 1 unspecified atom stereocenters. The van der Waals surface area contributed by atoms with Crippen LogP contribution in [0.15, 0.2) is 10.5 Å². The quantitative estimate of drug-likeness (QED) is 0.358. The summed E-state index contributed by atoms with van der Waals surface area (Å²) in [6.45, 7) is 3.20. The zero-order chi connectivity index (χ0) is 16.8. The van der Waals surface area contributed by atoms with Gasteiger partial charge in [0, 0.05) is 15.5 Å². The van der Waals surface area contributed by atoms with Gasteiger partial charge in [0.05, 0.1) is 24.2 Å². The Balaban J connectivity index is 2.20. The van der Waals surface area contributed by atoms with Gasteiger partial charge in [-0.05, 0) is 63.1 Å². The lowest BCUT2D eigenvalue weighted by Crippen LogP contribution is -2.42. The molecule has 9 heteroatoms. The number of fused-ring (bicyclic) bond motifs is 1. The standard InChI is InChI=1S/C14H13BrClFIN3O2/c1-14(22)5-21(2-3-23-6-14)12-7-4-8(18)9(15)10(17)11(7)19-13(16)20-12/h4,22H,2-3,5-6H2,1H3. The second-order valence-electron chi connectivity index (χ2n) is 5.67. The summed E-state index contributed by atoms with van der Waals surface area (Å²) in [5, 5.41) is 10.9. The Labute approximate surface area is 159 Å². The Morgan fingerprint density at radius 3 is 3.00 bits per heavy atom. The van der Waals surface area contributed by atoms with Crippen molar-refractivity contribution in [1.29, 1.82) is 0 Å². The van der Waals surface area contributed by atoms with Crippen LogP contribution >= 0.6 is 50.1 Å². The molecule has 2 aromatic rings. The van der Waals surface area contributed by atoms with Crippen LogP contribution in [0, 0.1) is 9.39 Å². The summed E-state index contributed by atoms with van der Waals surface area (Å²) in [5.74, 6) is 0.0189. The van der Waals surface area contributed by atoms with Crippen molar-refractivity contribution in [3.8, 4) is 0 Å². The number of rotatable bonds is 1. The van der Waals surface area contributed by atoms with Gasteiger partial charge in [-0.1, -0.05) is 0 Å².